The molecule has 138 valence electrons. The number of aromatic nitrogens is 1. The molecule has 1 saturated heterocycles. The summed E-state index contributed by atoms with van der Waals surface area (Å²) in [5.74, 6) is 1.15. The Hall–Kier alpha value is -1.33. The van der Waals surface area contributed by atoms with Gasteiger partial charge in [-0.05, 0) is 25.0 Å². The molecule has 1 aliphatic carbocycles. The Morgan fingerprint density at radius 1 is 1.08 bits per heavy atom. The average molecular weight is 365 g/mol. The zero-order valence-electron chi connectivity index (χ0n) is 14.9. The third kappa shape index (κ3) is 5.86. The summed E-state index contributed by atoms with van der Waals surface area (Å²) in [6, 6.07) is 4.21. The first-order valence-corrected chi connectivity index (χ1v) is 9.97. The van der Waals surface area contributed by atoms with E-state index in [0.29, 0.717) is 17.6 Å². The van der Waals surface area contributed by atoms with E-state index in [0.717, 1.165) is 44.8 Å². The smallest absolute Gasteiger partial charge is 0.234 e. The number of pyridine rings is 1. The van der Waals surface area contributed by atoms with Crippen LogP contribution in [0.15, 0.2) is 18.3 Å². The predicted molar refractivity (Wildman–Crippen MR) is 102 cm³/mol. The Morgan fingerprint density at radius 3 is 2.40 bits per heavy atom. The van der Waals surface area contributed by atoms with Crippen molar-refractivity contribution in [1.29, 1.82) is 0 Å². The molecular formula is C19H29ClN4O. The summed E-state index contributed by atoms with van der Waals surface area (Å²) in [6.45, 7) is 4.08. The highest BCUT2D eigenvalue weighted by atomic mass is 35.5. The molecule has 1 saturated carbocycles. The molecule has 0 spiro atoms. The third-order valence-electron chi connectivity index (χ3n) is 5.25. The molecule has 1 aliphatic heterocycles. The first-order valence-electron chi connectivity index (χ1n) is 9.59. The van der Waals surface area contributed by atoms with Crippen LogP contribution in [0.3, 0.4) is 0 Å². The van der Waals surface area contributed by atoms with Crippen LogP contribution in [0, 0.1) is 0 Å². The normalized spacial score (nSPS) is 20.8. The number of nitrogens with one attached hydrogen (secondary N) is 1. The Bertz CT molecular complexity index is 535. The van der Waals surface area contributed by atoms with Gasteiger partial charge in [-0.1, -0.05) is 43.7 Å². The fraction of sp³-hybridized carbons (Fsp3) is 0.684. The molecule has 2 heterocycles. The molecule has 1 aromatic rings. The second-order valence-corrected chi connectivity index (χ2v) is 7.64. The van der Waals surface area contributed by atoms with Crippen molar-refractivity contribution in [2.45, 2.75) is 51.0 Å². The van der Waals surface area contributed by atoms with Crippen LogP contribution >= 0.6 is 11.6 Å². The highest BCUT2D eigenvalue weighted by Crippen LogP contribution is 2.18. The molecule has 0 aromatic carbocycles. The Kier molecular flexibility index (Phi) is 6.93. The van der Waals surface area contributed by atoms with Crippen LogP contribution in [0.5, 0.6) is 0 Å². The molecule has 0 unspecified atom stereocenters. The molecule has 2 fully saturated rings. The van der Waals surface area contributed by atoms with E-state index in [9.17, 15) is 4.79 Å². The van der Waals surface area contributed by atoms with E-state index in [1.165, 1.54) is 32.1 Å². The van der Waals surface area contributed by atoms with Gasteiger partial charge in [0.15, 0.2) is 0 Å². The van der Waals surface area contributed by atoms with E-state index in [1.54, 1.807) is 6.20 Å². The fourth-order valence-corrected chi connectivity index (χ4v) is 3.88. The Balaban J connectivity index is 1.40. The summed E-state index contributed by atoms with van der Waals surface area (Å²) in [5.41, 5.74) is 0. The van der Waals surface area contributed by atoms with Gasteiger partial charge in [-0.3, -0.25) is 9.69 Å². The van der Waals surface area contributed by atoms with Crippen molar-refractivity contribution >= 4 is 23.3 Å². The molecular weight excluding hydrogens is 336 g/mol. The van der Waals surface area contributed by atoms with E-state index in [4.69, 9.17) is 11.6 Å². The standard InChI is InChI=1S/C19H29ClN4O/c20-16-8-9-18(21-14-16)24-12-10-23(11-13-24)15-19(25)22-17-6-4-2-1-3-5-7-17/h8-9,14,17H,1-7,10-13,15H2,(H,22,25). The lowest BCUT2D eigenvalue weighted by molar-refractivity contribution is -0.123. The minimum atomic E-state index is 0.184. The highest BCUT2D eigenvalue weighted by Gasteiger charge is 2.21. The average Bonchev–Trinajstić information content (AvgIpc) is 2.59. The van der Waals surface area contributed by atoms with Crippen LogP contribution in [-0.4, -0.2) is 54.6 Å². The number of rotatable bonds is 4. The minimum Gasteiger partial charge on any atom is -0.354 e. The van der Waals surface area contributed by atoms with E-state index in [1.807, 2.05) is 12.1 Å². The van der Waals surface area contributed by atoms with Crippen LogP contribution < -0.4 is 10.2 Å². The van der Waals surface area contributed by atoms with Crippen molar-refractivity contribution in [2.75, 3.05) is 37.6 Å². The summed E-state index contributed by atoms with van der Waals surface area (Å²) in [7, 11) is 0. The molecule has 3 rings (SSSR count). The molecule has 0 bridgehead atoms. The first-order chi connectivity index (χ1) is 12.2. The number of halogens is 1. The molecule has 0 atom stereocenters. The molecule has 2 aliphatic rings. The second-order valence-electron chi connectivity index (χ2n) is 7.21. The summed E-state index contributed by atoms with van der Waals surface area (Å²) < 4.78 is 0. The number of piperazine rings is 1. The lowest BCUT2D eigenvalue weighted by atomic mass is 9.97. The van der Waals surface area contributed by atoms with Crippen LogP contribution in [-0.2, 0) is 4.79 Å². The lowest BCUT2D eigenvalue weighted by Gasteiger charge is -2.35. The molecule has 1 N–H and O–H groups in total. The second kappa shape index (κ2) is 9.39. The van der Waals surface area contributed by atoms with Crippen LogP contribution in [0.2, 0.25) is 5.02 Å². The van der Waals surface area contributed by atoms with E-state index < -0.39 is 0 Å². The summed E-state index contributed by atoms with van der Waals surface area (Å²) >= 11 is 5.90. The summed E-state index contributed by atoms with van der Waals surface area (Å²) in [6.07, 6.45) is 10.4. The number of hydrogen-bond acceptors (Lipinski definition) is 4. The maximum atomic E-state index is 12.4. The van der Waals surface area contributed by atoms with Crippen LogP contribution in [0.25, 0.3) is 0 Å². The molecule has 25 heavy (non-hydrogen) atoms. The van der Waals surface area contributed by atoms with E-state index in [-0.39, 0.29) is 5.91 Å². The van der Waals surface area contributed by atoms with Crippen molar-refractivity contribution in [3.63, 3.8) is 0 Å². The van der Waals surface area contributed by atoms with Crippen molar-refractivity contribution in [1.82, 2.24) is 15.2 Å². The largest absolute Gasteiger partial charge is 0.354 e. The zero-order chi connectivity index (χ0) is 17.5. The predicted octanol–water partition coefficient (Wildman–Crippen LogP) is 3.09. The number of anilines is 1. The zero-order valence-corrected chi connectivity index (χ0v) is 15.7. The van der Waals surface area contributed by atoms with E-state index in [2.05, 4.69) is 20.1 Å². The maximum absolute atomic E-state index is 12.4. The van der Waals surface area contributed by atoms with Gasteiger partial charge in [0.1, 0.15) is 5.82 Å². The maximum Gasteiger partial charge on any atom is 0.234 e. The number of hydrogen-bond donors (Lipinski definition) is 1. The summed E-state index contributed by atoms with van der Waals surface area (Å²) in [4.78, 5) is 21.2. The first kappa shape index (κ1) is 18.5. The van der Waals surface area contributed by atoms with Crippen LogP contribution in [0.1, 0.15) is 44.9 Å². The quantitative estimate of drug-likeness (QED) is 0.891. The molecule has 1 aromatic heterocycles. The Labute approximate surface area is 155 Å². The van der Waals surface area contributed by atoms with Gasteiger partial charge in [0.2, 0.25) is 5.91 Å². The number of amides is 1. The van der Waals surface area contributed by atoms with Gasteiger partial charge in [-0.25, -0.2) is 4.98 Å². The molecule has 5 nitrogen and oxygen atoms in total. The van der Waals surface area contributed by atoms with Gasteiger partial charge in [0.05, 0.1) is 11.6 Å². The van der Waals surface area contributed by atoms with Gasteiger partial charge in [-0.15, -0.1) is 0 Å². The minimum absolute atomic E-state index is 0.184. The van der Waals surface area contributed by atoms with Gasteiger partial charge in [0.25, 0.3) is 0 Å². The number of carbonyl (C=O) groups excluding carboxylic acids is 1. The van der Waals surface area contributed by atoms with E-state index >= 15 is 0 Å². The number of nitrogens with zero attached hydrogens (tertiary/aromatic N) is 3. The topological polar surface area (TPSA) is 48.5 Å². The van der Waals surface area contributed by atoms with Gasteiger partial charge < -0.3 is 10.2 Å². The monoisotopic (exact) mass is 364 g/mol. The van der Waals surface area contributed by atoms with Crippen molar-refractivity contribution in [2.24, 2.45) is 0 Å². The summed E-state index contributed by atoms with van der Waals surface area (Å²) in [5, 5.41) is 3.92. The van der Waals surface area contributed by atoms with Crippen molar-refractivity contribution in [3.05, 3.63) is 23.4 Å². The Morgan fingerprint density at radius 2 is 1.76 bits per heavy atom. The van der Waals surface area contributed by atoms with Gasteiger partial charge in [-0.2, -0.15) is 0 Å². The molecule has 6 heteroatoms. The van der Waals surface area contributed by atoms with Gasteiger partial charge >= 0.3 is 0 Å². The third-order valence-corrected chi connectivity index (χ3v) is 5.47. The molecule has 1 amide bonds. The van der Waals surface area contributed by atoms with Gasteiger partial charge in [0, 0.05) is 38.4 Å². The van der Waals surface area contributed by atoms with Crippen molar-refractivity contribution in [3.8, 4) is 0 Å². The SMILES string of the molecule is O=C(CN1CCN(c2ccc(Cl)cn2)CC1)NC1CCCCCCC1. The molecule has 0 radical (unpaired) electrons. The number of carbonyl (C=O) groups is 1. The lowest BCUT2D eigenvalue weighted by Crippen LogP contribution is -2.50. The fourth-order valence-electron chi connectivity index (χ4n) is 3.77. The van der Waals surface area contributed by atoms with Crippen LogP contribution in [0.4, 0.5) is 5.82 Å². The van der Waals surface area contributed by atoms with Crippen molar-refractivity contribution < 1.29 is 4.79 Å². The highest BCUT2D eigenvalue weighted by molar-refractivity contribution is 6.30.